The van der Waals surface area contributed by atoms with Gasteiger partial charge in [-0.25, -0.2) is 0 Å². The summed E-state index contributed by atoms with van der Waals surface area (Å²) in [4.78, 5) is 4.21. The molecule has 4 N–H and O–H groups in total. The van der Waals surface area contributed by atoms with E-state index in [4.69, 9.17) is 10.9 Å². The van der Waals surface area contributed by atoms with E-state index in [1.165, 1.54) is 0 Å². The van der Waals surface area contributed by atoms with Crippen LogP contribution in [0.3, 0.4) is 0 Å². The summed E-state index contributed by atoms with van der Waals surface area (Å²) < 4.78 is 0. The van der Waals surface area contributed by atoms with Crippen LogP contribution in [0.5, 0.6) is 0 Å². The van der Waals surface area contributed by atoms with Crippen LogP contribution in [0.2, 0.25) is 0 Å². The molecule has 1 aromatic rings. The van der Waals surface area contributed by atoms with Gasteiger partial charge in [-0.2, -0.15) is 11.8 Å². The van der Waals surface area contributed by atoms with E-state index >= 15 is 0 Å². The molecule has 0 spiro atoms. The van der Waals surface area contributed by atoms with Crippen LogP contribution >= 0.6 is 11.8 Å². The third-order valence-electron chi connectivity index (χ3n) is 1.68. The first-order chi connectivity index (χ1) is 6.86. The molecule has 0 unspecified atom stereocenters. The summed E-state index contributed by atoms with van der Waals surface area (Å²) in [6.07, 6.45) is 2.57. The highest BCUT2D eigenvalue weighted by atomic mass is 32.2. The summed E-state index contributed by atoms with van der Waals surface area (Å²) in [7, 11) is 0. The number of thioether (sulfide) groups is 1. The van der Waals surface area contributed by atoms with Gasteiger partial charge in [0.25, 0.3) is 0 Å². The third kappa shape index (κ3) is 3.95. The second-order valence-electron chi connectivity index (χ2n) is 2.81. The minimum absolute atomic E-state index is 0.255. The SMILES string of the molecule is NNc1ccnc(CSCCCO)c1. The van der Waals surface area contributed by atoms with Gasteiger partial charge in [0.1, 0.15) is 0 Å². The van der Waals surface area contributed by atoms with Gasteiger partial charge >= 0.3 is 0 Å². The van der Waals surface area contributed by atoms with Crippen molar-refractivity contribution in [2.45, 2.75) is 12.2 Å². The average molecular weight is 213 g/mol. The van der Waals surface area contributed by atoms with Gasteiger partial charge in [-0.15, -0.1) is 0 Å². The van der Waals surface area contributed by atoms with Gasteiger partial charge in [0.2, 0.25) is 0 Å². The van der Waals surface area contributed by atoms with Gasteiger partial charge in [0, 0.05) is 18.6 Å². The maximum Gasteiger partial charge on any atom is 0.0523 e. The topological polar surface area (TPSA) is 71.2 Å². The number of nitrogens with one attached hydrogen (secondary N) is 1. The number of hydrogen-bond acceptors (Lipinski definition) is 5. The van der Waals surface area contributed by atoms with Crippen molar-refractivity contribution >= 4 is 17.4 Å². The zero-order chi connectivity index (χ0) is 10.2. The van der Waals surface area contributed by atoms with E-state index in [0.717, 1.165) is 29.3 Å². The molecule has 0 aliphatic heterocycles. The van der Waals surface area contributed by atoms with Crippen molar-refractivity contribution in [2.24, 2.45) is 5.84 Å². The zero-order valence-electron chi connectivity index (χ0n) is 7.94. The Morgan fingerprint density at radius 2 is 2.43 bits per heavy atom. The molecule has 78 valence electrons. The van der Waals surface area contributed by atoms with Crippen molar-refractivity contribution in [1.82, 2.24) is 4.98 Å². The largest absolute Gasteiger partial charge is 0.396 e. The van der Waals surface area contributed by atoms with Crippen LogP contribution in [-0.2, 0) is 5.75 Å². The van der Waals surface area contributed by atoms with Crippen LogP contribution in [0.15, 0.2) is 18.3 Å². The lowest BCUT2D eigenvalue weighted by Crippen LogP contribution is -2.07. The molecule has 0 saturated heterocycles. The Hall–Kier alpha value is -0.780. The Morgan fingerprint density at radius 1 is 1.57 bits per heavy atom. The van der Waals surface area contributed by atoms with Gasteiger partial charge in [0.15, 0.2) is 0 Å². The van der Waals surface area contributed by atoms with Gasteiger partial charge < -0.3 is 10.5 Å². The molecule has 4 nitrogen and oxygen atoms in total. The Bertz CT molecular complexity index is 270. The Morgan fingerprint density at radius 3 is 3.14 bits per heavy atom. The van der Waals surface area contributed by atoms with Crippen LogP contribution in [0.4, 0.5) is 5.69 Å². The smallest absolute Gasteiger partial charge is 0.0523 e. The van der Waals surface area contributed by atoms with Crippen molar-refractivity contribution in [1.29, 1.82) is 0 Å². The fraction of sp³-hybridized carbons (Fsp3) is 0.444. The average Bonchev–Trinajstić information content (AvgIpc) is 2.25. The maximum absolute atomic E-state index is 8.59. The number of hydrazine groups is 1. The number of aliphatic hydroxyl groups excluding tert-OH is 1. The van der Waals surface area contributed by atoms with Crippen molar-refractivity contribution in [3.63, 3.8) is 0 Å². The number of aliphatic hydroxyl groups is 1. The number of nitrogens with zero attached hydrogens (tertiary/aromatic N) is 1. The number of rotatable bonds is 6. The lowest BCUT2D eigenvalue weighted by molar-refractivity contribution is 0.296. The maximum atomic E-state index is 8.59. The fourth-order valence-electron chi connectivity index (χ4n) is 0.990. The minimum atomic E-state index is 0.255. The Kier molecular flexibility index (Phi) is 5.36. The summed E-state index contributed by atoms with van der Waals surface area (Å²) in [5, 5.41) is 8.59. The molecule has 0 atom stereocenters. The van der Waals surface area contributed by atoms with Crippen LogP contribution in [0.25, 0.3) is 0 Å². The van der Waals surface area contributed by atoms with Crippen molar-refractivity contribution in [2.75, 3.05) is 17.8 Å². The second-order valence-corrected chi connectivity index (χ2v) is 3.92. The number of hydrogen-bond donors (Lipinski definition) is 3. The lowest BCUT2D eigenvalue weighted by atomic mass is 10.3. The standard InChI is InChI=1S/C9H15N3OS/c10-12-8-2-3-11-9(6-8)7-14-5-1-4-13/h2-3,6,13H,1,4-5,7,10H2,(H,11,12). The van der Waals surface area contributed by atoms with Crippen LogP contribution in [0, 0.1) is 0 Å². The summed E-state index contributed by atoms with van der Waals surface area (Å²) >= 11 is 1.76. The predicted octanol–water partition coefficient (Wildman–Crippen LogP) is 0.983. The molecular formula is C9H15N3OS. The molecule has 0 fully saturated rings. The Balaban J connectivity index is 2.34. The molecule has 0 aromatic carbocycles. The predicted molar refractivity (Wildman–Crippen MR) is 59.9 cm³/mol. The highest BCUT2D eigenvalue weighted by Crippen LogP contribution is 2.13. The van der Waals surface area contributed by atoms with Gasteiger partial charge in [-0.3, -0.25) is 10.8 Å². The van der Waals surface area contributed by atoms with Crippen molar-refractivity contribution < 1.29 is 5.11 Å². The molecule has 5 heteroatoms. The molecule has 0 aliphatic carbocycles. The van der Waals surface area contributed by atoms with E-state index in [-0.39, 0.29) is 6.61 Å². The van der Waals surface area contributed by atoms with E-state index < -0.39 is 0 Å². The van der Waals surface area contributed by atoms with Crippen LogP contribution in [0.1, 0.15) is 12.1 Å². The normalized spacial score (nSPS) is 10.1. The summed E-state index contributed by atoms with van der Waals surface area (Å²) in [5.41, 5.74) is 4.46. The molecule has 1 rings (SSSR count). The molecule has 1 aromatic heterocycles. The Labute approximate surface area is 87.9 Å². The van der Waals surface area contributed by atoms with Crippen molar-refractivity contribution in [3.8, 4) is 0 Å². The first-order valence-electron chi connectivity index (χ1n) is 4.47. The van der Waals surface area contributed by atoms with Crippen LogP contribution < -0.4 is 11.3 Å². The molecule has 0 radical (unpaired) electrons. The molecular weight excluding hydrogens is 198 g/mol. The zero-order valence-corrected chi connectivity index (χ0v) is 8.76. The first-order valence-corrected chi connectivity index (χ1v) is 5.62. The molecule has 0 bridgehead atoms. The molecule has 14 heavy (non-hydrogen) atoms. The van der Waals surface area contributed by atoms with Gasteiger partial charge in [-0.1, -0.05) is 0 Å². The van der Waals surface area contributed by atoms with E-state index in [9.17, 15) is 0 Å². The van der Waals surface area contributed by atoms with Gasteiger partial charge in [-0.05, 0) is 24.3 Å². The molecule has 0 aliphatic rings. The monoisotopic (exact) mass is 213 g/mol. The highest BCUT2D eigenvalue weighted by molar-refractivity contribution is 7.98. The van der Waals surface area contributed by atoms with E-state index in [0.29, 0.717) is 0 Å². The molecule has 0 amide bonds. The van der Waals surface area contributed by atoms with Crippen LogP contribution in [-0.4, -0.2) is 22.5 Å². The number of nitrogen functional groups attached to an aromatic ring is 1. The van der Waals surface area contributed by atoms with E-state index in [2.05, 4.69) is 10.4 Å². The molecule has 1 heterocycles. The highest BCUT2D eigenvalue weighted by Gasteiger charge is 1.96. The second kappa shape index (κ2) is 6.64. The molecule has 0 saturated carbocycles. The fourth-order valence-corrected chi connectivity index (χ4v) is 1.83. The van der Waals surface area contributed by atoms with E-state index in [1.54, 1.807) is 18.0 Å². The number of nitrogens with two attached hydrogens (primary N) is 1. The van der Waals surface area contributed by atoms with Crippen molar-refractivity contribution in [3.05, 3.63) is 24.0 Å². The summed E-state index contributed by atoms with van der Waals surface area (Å²) in [6.45, 7) is 0.255. The number of pyridine rings is 1. The first kappa shape index (κ1) is 11.3. The quantitative estimate of drug-likeness (QED) is 0.373. The van der Waals surface area contributed by atoms with E-state index in [1.807, 2.05) is 12.1 Å². The minimum Gasteiger partial charge on any atom is -0.396 e. The third-order valence-corrected chi connectivity index (χ3v) is 2.76. The summed E-state index contributed by atoms with van der Waals surface area (Å²) in [6, 6.07) is 3.74. The summed E-state index contributed by atoms with van der Waals surface area (Å²) in [5.74, 6) is 7.09. The number of anilines is 1. The number of aromatic nitrogens is 1. The lowest BCUT2D eigenvalue weighted by Gasteiger charge is -2.03. The van der Waals surface area contributed by atoms with Gasteiger partial charge in [0.05, 0.1) is 11.4 Å².